The number of carbonyl (C=O) groups excluding carboxylic acids is 1. The van der Waals surface area contributed by atoms with Crippen LogP contribution in [-0.4, -0.2) is 37.7 Å². The van der Waals surface area contributed by atoms with Gasteiger partial charge in [-0.25, -0.2) is 4.98 Å². The Labute approximate surface area is 144 Å². The molecular weight excluding hydrogens is 330 g/mol. The van der Waals surface area contributed by atoms with E-state index < -0.39 is 0 Å². The highest BCUT2D eigenvalue weighted by molar-refractivity contribution is 7.13. The highest BCUT2D eigenvalue weighted by Gasteiger charge is 2.07. The zero-order chi connectivity index (χ0) is 17.2. The van der Waals surface area contributed by atoms with Gasteiger partial charge in [0.2, 0.25) is 5.13 Å². The normalized spacial score (nSPS) is 10.8. The molecule has 2 rings (SSSR count). The lowest BCUT2D eigenvalue weighted by atomic mass is 10.2. The summed E-state index contributed by atoms with van der Waals surface area (Å²) in [5, 5.41) is 6.54. The van der Waals surface area contributed by atoms with E-state index in [9.17, 15) is 4.79 Å². The summed E-state index contributed by atoms with van der Waals surface area (Å²) < 4.78 is 15.1. The largest absolute Gasteiger partial charge is 0.468 e. The number of hydrogen-bond donors (Lipinski definition) is 1. The van der Waals surface area contributed by atoms with Gasteiger partial charge in [0.25, 0.3) is 0 Å². The number of thiazole rings is 1. The number of hydrazone groups is 1. The number of nitrogens with one attached hydrogen (secondary N) is 1. The van der Waals surface area contributed by atoms with Crippen molar-refractivity contribution in [2.75, 3.05) is 25.9 Å². The molecule has 0 aliphatic heterocycles. The number of anilines is 1. The predicted molar refractivity (Wildman–Crippen MR) is 92.6 cm³/mol. The Kier molecular flexibility index (Phi) is 7.19. The fraction of sp³-hybridized carbons (Fsp3) is 0.312. The lowest BCUT2D eigenvalue weighted by molar-refractivity contribution is -0.142. The molecule has 8 heteroatoms. The molecule has 0 unspecified atom stereocenters. The van der Waals surface area contributed by atoms with Crippen LogP contribution in [0.1, 0.15) is 18.2 Å². The molecule has 128 valence electrons. The molecule has 0 aliphatic rings. The Morgan fingerprint density at radius 1 is 1.46 bits per heavy atom. The highest BCUT2D eigenvalue weighted by atomic mass is 32.1. The smallest absolute Gasteiger partial charge is 0.311 e. The number of rotatable bonds is 9. The van der Waals surface area contributed by atoms with Crippen LogP contribution in [0.15, 0.2) is 34.7 Å². The molecule has 1 aromatic carbocycles. The lowest BCUT2D eigenvalue weighted by Gasteiger charge is -2.04. The molecule has 0 bridgehead atoms. The first-order valence-electron chi connectivity index (χ1n) is 7.32. The summed E-state index contributed by atoms with van der Waals surface area (Å²) in [5.41, 5.74) is 4.37. The Hall–Kier alpha value is -2.45. The van der Waals surface area contributed by atoms with Gasteiger partial charge in [0, 0.05) is 12.5 Å². The van der Waals surface area contributed by atoms with Crippen LogP contribution in [0.3, 0.4) is 0 Å². The predicted octanol–water partition coefficient (Wildman–Crippen LogP) is 2.68. The zero-order valence-electron chi connectivity index (χ0n) is 13.5. The maximum Gasteiger partial charge on any atom is 0.311 e. The third-order valence-electron chi connectivity index (χ3n) is 2.76. The van der Waals surface area contributed by atoms with Crippen LogP contribution in [-0.2, 0) is 20.7 Å². The molecule has 24 heavy (non-hydrogen) atoms. The van der Waals surface area contributed by atoms with E-state index in [-0.39, 0.29) is 19.2 Å². The van der Waals surface area contributed by atoms with Crippen molar-refractivity contribution < 1.29 is 19.0 Å². The fourth-order valence-corrected chi connectivity index (χ4v) is 2.43. The molecule has 0 atom stereocenters. The molecule has 0 amide bonds. The first kappa shape index (κ1) is 17.9. The molecule has 7 nitrogen and oxygen atoms in total. The van der Waals surface area contributed by atoms with E-state index in [1.165, 1.54) is 11.3 Å². The third-order valence-corrected chi connectivity index (χ3v) is 3.55. The van der Waals surface area contributed by atoms with Gasteiger partial charge < -0.3 is 14.2 Å². The summed E-state index contributed by atoms with van der Waals surface area (Å²) in [7, 11) is 1.57. The Bertz CT molecular complexity index is 687. The monoisotopic (exact) mass is 349 g/mol. The topological polar surface area (TPSA) is 82.0 Å². The van der Waals surface area contributed by atoms with Crippen molar-refractivity contribution in [3.8, 4) is 5.75 Å². The molecule has 1 heterocycles. The minimum absolute atomic E-state index is 0.161. The first-order valence-corrected chi connectivity index (χ1v) is 8.20. The molecule has 0 saturated heterocycles. The van der Waals surface area contributed by atoms with Crippen LogP contribution >= 0.6 is 11.3 Å². The van der Waals surface area contributed by atoms with Gasteiger partial charge in [-0.1, -0.05) is 12.1 Å². The molecule has 0 fully saturated rings. The van der Waals surface area contributed by atoms with Gasteiger partial charge in [-0.05, 0) is 24.6 Å². The quantitative estimate of drug-likeness (QED) is 0.324. The van der Waals surface area contributed by atoms with Gasteiger partial charge in [0.1, 0.15) is 5.75 Å². The molecule has 2 aromatic rings. The number of aromatic nitrogens is 1. The minimum atomic E-state index is -0.286. The Morgan fingerprint density at radius 3 is 3.12 bits per heavy atom. The van der Waals surface area contributed by atoms with Crippen LogP contribution in [0.5, 0.6) is 5.75 Å². The van der Waals surface area contributed by atoms with Gasteiger partial charge in [0.15, 0.2) is 6.79 Å². The number of benzene rings is 1. The van der Waals surface area contributed by atoms with Gasteiger partial charge in [-0.3, -0.25) is 10.2 Å². The second-order valence-electron chi connectivity index (χ2n) is 4.62. The van der Waals surface area contributed by atoms with E-state index in [1.54, 1.807) is 25.6 Å². The van der Waals surface area contributed by atoms with Crippen LogP contribution in [0, 0.1) is 0 Å². The molecule has 0 aliphatic carbocycles. The average molecular weight is 349 g/mol. The SMILES string of the molecule is CCOC(=O)Cc1csc(NN=Cc2cccc(OCOC)c2)n1. The van der Waals surface area contributed by atoms with E-state index in [4.69, 9.17) is 14.2 Å². The lowest BCUT2D eigenvalue weighted by Crippen LogP contribution is -2.07. The zero-order valence-corrected chi connectivity index (χ0v) is 14.3. The van der Waals surface area contributed by atoms with Gasteiger partial charge >= 0.3 is 5.97 Å². The standard InChI is InChI=1S/C16H19N3O4S/c1-3-22-15(20)8-13-10-24-16(18-13)19-17-9-12-5-4-6-14(7-12)23-11-21-2/h4-7,9-10H,3,8,11H2,1-2H3,(H,18,19). The minimum Gasteiger partial charge on any atom is -0.468 e. The third kappa shape index (κ3) is 5.98. The van der Waals surface area contributed by atoms with Crippen molar-refractivity contribution in [2.24, 2.45) is 5.10 Å². The average Bonchev–Trinajstić information content (AvgIpc) is 3.01. The van der Waals surface area contributed by atoms with Crippen molar-refractivity contribution in [1.29, 1.82) is 0 Å². The number of hydrogen-bond acceptors (Lipinski definition) is 8. The van der Waals surface area contributed by atoms with Crippen molar-refractivity contribution in [3.63, 3.8) is 0 Å². The summed E-state index contributed by atoms with van der Waals surface area (Å²) in [6.07, 6.45) is 1.82. The molecule has 1 N–H and O–H groups in total. The maximum atomic E-state index is 11.4. The van der Waals surface area contributed by atoms with Gasteiger partial charge in [-0.2, -0.15) is 5.10 Å². The Morgan fingerprint density at radius 2 is 2.33 bits per heavy atom. The van der Waals surface area contributed by atoms with Gasteiger partial charge in [-0.15, -0.1) is 11.3 Å². The van der Waals surface area contributed by atoms with Crippen LogP contribution in [0.2, 0.25) is 0 Å². The fourth-order valence-electron chi connectivity index (χ4n) is 1.77. The molecular formula is C16H19N3O4S. The van der Waals surface area contributed by atoms with Gasteiger partial charge in [0.05, 0.1) is 24.9 Å². The van der Waals surface area contributed by atoms with E-state index >= 15 is 0 Å². The summed E-state index contributed by atoms with van der Waals surface area (Å²) in [6.45, 7) is 2.34. The summed E-state index contributed by atoms with van der Waals surface area (Å²) in [6, 6.07) is 7.45. The molecule has 0 saturated carbocycles. The molecule has 0 spiro atoms. The van der Waals surface area contributed by atoms with E-state index in [0.717, 1.165) is 5.56 Å². The van der Waals surface area contributed by atoms with Crippen molar-refractivity contribution in [2.45, 2.75) is 13.3 Å². The van der Waals surface area contributed by atoms with Crippen molar-refractivity contribution in [1.82, 2.24) is 4.98 Å². The number of esters is 1. The summed E-state index contributed by atoms with van der Waals surface area (Å²) >= 11 is 1.37. The number of carbonyl (C=O) groups is 1. The highest BCUT2D eigenvalue weighted by Crippen LogP contribution is 2.16. The van der Waals surface area contributed by atoms with Crippen LogP contribution < -0.4 is 10.2 Å². The Balaban J connectivity index is 1.87. The summed E-state index contributed by atoms with van der Waals surface area (Å²) in [4.78, 5) is 15.7. The van der Waals surface area contributed by atoms with E-state index in [2.05, 4.69) is 15.5 Å². The first-order chi connectivity index (χ1) is 11.7. The number of ether oxygens (including phenoxy) is 3. The number of methoxy groups -OCH3 is 1. The summed E-state index contributed by atoms with van der Waals surface area (Å²) in [5.74, 6) is 0.414. The van der Waals surface area contributed by atoms with Crippen molar-refractivity contribution in [3.05, 3.63) is 40.9 Å². The van der Waals surface area contributed by atoms with Crippen LogP contribution in [0.25, 0.3) is 0 Å². The number of nitrogens with zero attached hydrogens (tertiary/aromatic N) is 2. The van der Waals surface area contributed by atoms with E-state index in [1.807, 2.05) is 24.3 Å². The van der Waals surface area contributed by atoms with Crippen molar-refractivity contribution >= 4 is 28.7 Å². The molecule has 1 aromatic heterocycles. The maximum absolute atomic E-state index is 11.4. The second kappa shape index (κ2) is 9.64. The molecule has 0 radical (unpaired) electrons. The van der Waals surface area contributed by atoms with Crippen LogP contribution in [0.4, 0.5) is 5.13 Å². The second-order valence-corrected chi connectivity index (χ2v) is 5.48. The van der Waals surface area contributed by atoms with E-state index in [0.29, 0.717) is 23.2 Å².